The van der Waals surface area contributed by atoms with Crippen molar-refractivity contribution in [2.45, 2.75) is 6.04 Å². The maximum absolute atomic E-state index is 13.6. The summed E-state index contributed by atoms with van der Waals surface area (Å²) in [5.74, 6) is -1.02. The highest BCUT2D eigenvalue weighted by molar-refractivity contribution is 9.10. The van der Waals surface area contributed by atoms with Gasteiger partial charge in [-0.15, -0.1) is 0 Å². The van der Waals surface area contributed by atoms with Crippen LogP contribution in [0.1, 0.15) is 11.6 Å². The van der Waals surface area contributed by atoms with Gasteiger partial charge in [0.2, 0.25) is 0 Å². The van der Waals surface area contributed by atoms with E-state index in [4.69, 9.17) is 0 Å². The Balaban J connectivity index is 2.33. The zero-order chi connectivity index (χ0) is 10.8. The Kier molecular flexibility index (Phi) is 3.33. The molecule has 0 aliphatic carbocycles. The monoisotopic (exact) mass is 276 g/mol. The topological polar surface area (TPSA) is 24.1 Å². The summed E-state index contributed by atoms with van der Waals surface area (Å²) in [6.07, 6.45) is 0. The Morgan fingerprint density at radius 1 is 1.20 bits per heavy atom. The van der Waals surface area contributed by atoms with Gasteiger partial charge in [-0.2, -0.15) is 0 Å². The molecule has 1 aromatic rings. The fraction of sp³-hybridized carbons (Fsp3) is 0.400. The molecular formula is C10H11BrF2N2. The average molecular weight is 277 g/mol. The van der Waals surface area contributed by atoms with Gasteiger partial charge >= 0.3 is 0 Å². The normalized spacial score (nSPS) is 21.7. The third-order valence-electron chi connectivity index (χ3n) is 2.43. The lowest BCUT2D eigenvalue weighted by Crippen LogP contribution is -2.43. The van der Waals surface area contributed by atoms with E-state index in [2.05, 4.69) is 26.6 Å². The zero-order valence-corrected chi connectivity index (χ0v) is 9.57. The first-order valence-electron chi connectivity index (χ1n) is 4.77. The van der Waals surface area contributed by atoms with Crippen molar-refractivity contribution in [2.75, 3.05) is 19.6 Å². The molecule has 82 valence electrons. The summed E-state index contributed by atoms with van der Waals surface area (Å²) in [6, 6.07) is 2.29. The Bertz CT molecular complexity index is 341. The summed E-state index contributed by atoms with van der Waals surface area (Å²) in [6.45, 7) is 2.10. The van der Waals surface area contributed by atoms with E-state index >= 15 is 0 Å². The second kappa shape index (κ2) is 4.55. The van der Waals surface area contributed by atoms with Crippen molar-refractivity contribution >= 4 is 15.9 Å². The van der Waals surface area contributed by atoms with Gasteiger partial charge in [-0.3, -0.25) is 0 Å². The molecule has 1 atom stereocenters. The summed E-state index contributed by atoms with van der Waals surface area (Å²) in [5.41, 5.74) is 0.116. The third kappa shape index (κ3) is 2.35. The number of hydrogen-bond acceptors (Lipinski definition) is 2. The van der Waals surface area contributed by atoms with Crippen LogP contribution >= 0.6 is 15.9 Å². The number of hydrogen-bond donors (Lipinski definition) is 2. The molecule has 0 unspecified atom stereocenters. The van der Waals surface area contributed by atoms with Crippen LogP contribution in [0.4, 0.5) is 8.78 Å². The maximum Gasteiger partial charge on any atom is 0.132 e. The minimum Gasteiger partial charge on any atom is -0.314 e. The molecule has 1 aliphatic heterocycles. The van der Waals surface area contributed by atoms with Gasteiger partial charge in [0.25, 0.3) is 0 Å². The standard InChI is InChI=1S/C10H11BrF2N2/c11-6-3-7(12)10(8(13)4-6)9-5-14-1-2-15-9/h3-4,9,14-15H,1-2,5H2/t9-/m1/s1. The third-order valence-corrected chi connectivity index (χ3v) is 2.89. The van der Waals surface area contributed by atoms with Gasteiger partial charge in [0, 0.05) is 29.7 Å². The lowest BCUT2D eigenvalue weighted by molar-refractivity contribution is 0.400. The van der Waals surface area contributed by atoms with E-state index in [0.717, 1.165) is 13.1 Å². The van der Waals surface area contributed by atoms with Crippen LogP contribution in [0.3, 0.4) is 0 Å². The zero-order valence-electron chi connectivity index (χ0n) is 7.99. The second-order valence-corrected chi connectivity index (χ2v) is 4.41. The van der Waals surface area contributed by atoms with E-state index < -0.39 is 11.6 Å². The fourth-order valence-corrected chi connectivity index (χ4v) is 2.15. The second-order valence-electron chi connectivity index (χ2n) is 3.49. The smallest absolute Gasteiger partial charge is 0.132 e. The van der Waals surface area contributed by atoms with E-state index in [0.29, 0.717) is 11.0 Å². The van der Waals surface area contributed by atoms with Gasteiger partial charge in [0.1, 0.15) is 11.6 Å². The van der Waals surface area contributed by atoms with Crippen LogP contribution in [0.2, 0.25) is 0 Å². The molecule has 15 heavy (non-hydrogen) atoms. The fourth-order valence-electron chi connectivity index (χ4n) is 1.74. The van der Waals surface area contributed by atoms with Crippen LogP contribution in [0.25, 0.3) is 0 Å². The highest BCUT2D eigenvalue weighted by Gasteiger charge is 2.22. The molecule has 5 heteroatoms. The maximum atomic E-state index is 13.6. The molecule has 2 rings (SSSR count). The molecule has 0 spiro atoms. The van der Waals surface area contributed by atoms with Crippen LogP contribution in [0.5, 0.6) is 0 Å². The first kappa shape index (κ1) is 11.0. The molecule has 1 heterocycles. The van der Waals surface area contributed by atoms with Gasteiger partial charge in [-0.05, 0) is 12.1 Å². The molecule has 2 N–H and O–H groups in total. The van der Waals surface area contributed by atoms with E-state index in [1.54, 1.807) is 0 Å². The summed E-state index contributed by atoms with van der Waals surface area (Å²) in [5, 5.41) is 6.17. The number of piperazine rings is 1. The number of benzene rings is 1. The van der Waals surface area contributed by atoms with Crippen molar-refractivity contribution in [3.05, 3.63) is 33.8 Å². The Labute approximate surface area is 95.2 Å². The van der Waals surface area contributed by atoms with Gasteiger partial charge in [-0.1, -0.05) is 15.9 Å². The van der Waals surface area contributed by atoms with Crippen LogP contribution < -0.4 is 10.6 Å². The van der Waals surface area contributed by atoms with E-state index in [1.165, 1.54) is 12.1 Å². The SMILES string of the molecule is Fc1cc(Br)cc(F)c1[C@H]1CNCCN1. The number of rotatable bonds is 1. The van der Waals surface area contributed by atoms with Gasteiger partial charge in [-0.25, -0.2) is 8.78 Å². The Hall–Kier alpha value is -0.520. The van der Waals surface area contributed by atoms with Gasteiger partial charge in [0.05, 0.1) is 6.04 Å². The van der Waals surface area contributed by atoms with E-state index in [1.807, 2.05) is 0 Å². The van der Waals surface area contributed by atoms with Crippen molar-refractivity contribution in [2.24, 2.45) is 0 Å². The average Bonchev–Trinajstić information content (AvgIpc) is 2.17. The van der Waals surface area contributed by atoms with Crippen molar-refractivity contribution in [1.29, 1.82) is 0 Å². The number of nitrogens with one attached hydrogen (secondary N) is 2. The lowest BCUT2D eigenvalue weighted by atomic mass is 10.0. The summed E-state index contributed by atoms with van der Waals surface area (Å²) < 4.78 is 27.5. The van der Waals surface area contributed by atoms with Crippen molar-refractivity contribution in [3.63, 3.8) is 0 Å². The molecule has 1 aliphatic rings. The quantitative estimate of drug-likeness (QED) is 0.820. The molecule has 0 amide bonds. The predicted octanol–water partition coefficient (Wildman–Crippen LogP) is 1.96. The molecule has 0 radical (unpaired) electrons. The van der Waals surface area contributed by atoms with Gasteiger partial charge < -0.3 is 10.6 Å². The lowest BCUT2D eigenvalue weighted by Gasteiger charge is -2.25. The summed E-state index contributed by atoms with van der Waals surface area (Å²) in [4.78, 5) is 0. The Morgan fingerprint density at radius 2 is 1.87 bits per heavy atom. The van der Waals surface area contributed by atoms with Gasteiger partial charge in [0.15, 0.2) is 0 Å². The van der Waals surface area contributed by atoms with Crippen LogP contribution in [-0.4, -0.2) is 19.6 Å². The minimum atomic E-state index is -0.511. The molecule has 0 aromatic heterocycles. The molecule has 2 nitrogen and oxygen atoms in total. The summed E-state index contributed by atoms with van der Waals surface area (Å²) >= 11 is 3.06. The van der Waals surface area contributed by atoms with E-state index in [-0.39, 0.29) is 11.6 Å². The van der Waals surface area contributed by atoms with Crippen LogP contribution in [-0.2, 0) is 0 Å². The van der Waals surface area contributed by atoms with Crippen LogP contribution in [0.15, 0.2) is 16.6 Å². The Morgan fingerprint density at radius 3 is 2.40 bits per heavy atom. The van der Waals surface area contributed by atoms with Crippen molar-refractivity contribution in [1.82, 2.24) is 10.6 Å². The molecular weight excluding hydrogens is 266 g/mol. The molecule has 1 fully saturated rings. The number of halogens is 3. The largest absolute Gasteiger partial charge is 0.314 e. The minimum absolute atomic E-state index is 0.116. The first-order valence-corrected chi connectivity index (χ1v) is 5.56. The first-order chi connectivity index (χ1) is 7.18. The molecule has 0 bridgehead atoms. The summed E-state index contributed by atoms with van der Waals surface area (Å²) in [7, 11) is 0. The van der Waals surface area contributed by atoms with E-state index in [9.17, 15) is 8.78 Å². The van der Waals surface area contributed by atoms with Crippen molar-refractivity contribution in [3.8, 4) is 0 Å². The predicted molar refractivity (Wildman–Crippen MR) is 57.7 cm³/mol. The van der Waals surface area contributed by atoms with Crippen molar-refractivity contribution < 1.29 is 8.78 Å². The molecule has 0 saturated carbocycles. The molecule has 1 saturated heterocycles. The highest BCUT2D eigenvalue weighted by Crippen LogP contribution is 2.25. The highest BCUT2D eigenvalue weighted by atomic mass is 79.9. The molecule has 1 aromatic carbocycles. The van der Waals surface area contributed by atoms with Crippen LogP contribution in [0, 0.1) is 11.6 Å².